The van der Waals surface area contributed by atoms with E-state index in [0.29, 0.717) is 6.73 Å². The van der Waals surface area contributed by atoms with Crippen molar-refractivity contribution in [2.75, 3.05) is 6.61 Å². The van der Waals surface area contributed by atoms with E-state index in [9.17, 15) is 5.11 Å². The first-order valence-electron chi connectivity index (χ1n) is 6.72. The molecule has 0 unspecified atom stereocenters. The Morgan fingerprint density at radius 2 is 2.10 bits per heavy atom. The maximum absolute atomic E-state index is 9.38. The molecule has 20 heavy (non-hydrogen) atoms. The van der Waals surface area contributed by atoms with E-state index in [-0.39, 0.29) is 6.61 Å². The van der Waals surface area contributed by atoms with Gasteiger partial charge in [0.25, 0.3) is 0 Å². The Labute approximate surface area is 128 Å². The Bertz CT molecular complexity index is 593. The lowest BCUT2D eigenvalue weighted by Gasteiger charge is -2.15. The summed E-state index contributed by atoms with van der Waals surface area (Å²) in [7, 11) is -1.05. The van der Waals surface area contributed by atoms with Gasteiger partial charge in [0.05, 0.1) is 24.0 Å². The molecule has 0 saturated carbocycles. The summed E-state index contributed by atoms with van der Waals surface area (Å²) in [6.45, 7) is 8.30. The number of fused-ring (bicyclic) bond motifs is 1. The smallest absolute Gasteiger partial charge is 0.124 e. The van der Waals surface area contributed by atoms with Crippen LogP contribution < -0.4 is 0 Å². The minimum Gasteiger partial charge on any atom is -0.392 e. The molecule has 1 aromatic heterocycles. The molecule has 0 aliphatic rings. The van der Waals surface area contributed by atoms with Crippen molar-refractivity contribution in [3.63, 3.8) is 0 Å². The summed E-state index contributed by atoms with van der Waals surface area (Å²) in [6, 6.07) is 5.06. The molecule has 1 aromatic carbocycles. The molecule has 0 saturated heterocycles. The van der Waals surface area contributed by atoms with Crippen LogP contribution in [-0.2, 0) is 18.1 Å². The van der Waals surface area contributed by atoms with Crippen LogP contribution in [0.1, 0.15) is 5.56 Å². The fourth-order valence-electron chi connectivity index (χ4n) is 1.96. The van der Waals surface area contributed by atoms with Crippen molar-refractivity contribution in [3.8, 4) is 0 Å². The number of nitrogens with zero attached hydrogens (tertiary/aromatic N) is 2. The van der Waals surface area contributed by atoms with Crippen molar-refractivity contribution in [1.82, 2.24) is 9.55 Å². The molecule has 0 amide bonds. The van der Waals surface area contributed by atoms with E-state index in [2.05, 4.69) is 40.6 Å². The molecule has 0 bridgehead atoms. The van der Waals surface area contributed by atoms with Crippen molar-refractivity contribution in [3.05, 3.63) is 28.5 Å². The number of imidazole rings is 1. The fraction of sp³-hybridized carbons (Fsp3) is 0.500. The molecule has 6 heteroatoms. The van der Waals surface area contributed by atoms with E-state index in [4.69, 9.17) is 4.74 Å². The van der Waals surface area contributed by atoms with Crippen molar-refractivity contribution in [1.29, 1.82) is 0 Å². The van der Waals surface area contributed by atoms with Gasteiger partial charge in [-0.25, -0.2) is 4.98 Å². The first-order valence-corrected chi connectivity index (χ1v) is 11.2. The van der Waals surface area contributed by atoms with Crippen LogP contribution in [-0.4, -0.2) is 29.3 Å². The first-order chi connectivity index (χ1) is 9.40. The topological polar surface area (TPSA) is 47.3 Å². The Kier molecular flexibility index (Phi) is 5.01. The highest BCUT2D eigenvalue weighted by Crippen LogP contribution is 2.23. The van der Waals surface area contributed by atoms with Gasteiger partial charge in [0.2, 0.25) is 0 Å². The van der Waals surface area contributed by atoms with E-state index in [1.54, 1.807) is 6.33 Å². The zero-order valence-electron chi connectivity index (χ0n) is 12.2. The van der Waals surface area contributed by atoms with Gasteiger partial charge in [-0.2, -0.15) is 0 Å². The highest BCUT2D eigenvalue weighted by molar-refractivity contribution is 9.10. The molecule has 110 valence electrons. The predicted octanol–water partition coefficient (Wildman–Crippen LogP) is 3.60. The third-order valence-corrected chi connectivity index (χ3v) is 5.33. The van der Waals surface area contributed by atoms with Gasteiger partial charge >= 0.3 is 0 Å². The van der Waals surface area contributed by atoms with Gasteiger partial charge in [-0.15, -0.1) is 0 Å². The van der Waals surface area contributed by atoms with Gasteiger partial charge in [-0.1, -0.05) is 35.6 Å². The molecule has 0 radical (unpaired) electrons. The third kappa shape index (κ3) is 3.91. The third-order valence-electron chi connectivity index (χ3n) is 3.17. The average Bonchev–Trinajstić information content (AvgIpc) is 2.75. The second-order valence-corrected chi connectivity index (χ2v) is 12.7. The summed E-state index contributed by atoms with van der Waals surface area (Å²) in [6.07, 6.45) is 1.77. The lowest BCUT2D eigenvalue weighted by Crippen LogP contribution is -2.21. The zero-order chi connectivity index (χ0) is 14.8. The van der Waals surface area contributed by atoms with Gasteiger partial charge in [0, 0.05) is 24.7 Å². The lowest BCUT2D eigenvalue weighted by molar-refractivity contribution is 0.0898. The molecular formula is C14H21BrN2O2Si. The summed E-state index contributed by atoms with van der Waals surface area (Å²) >= 11 is 3.46. The number of hydrogen-bond acceptors (Lipinski definition) is 3. The van der Waals surface area contributed by atoms with Gasteiger partial charge < -0.3 is 14.4 Å². The van der Waals surface area contributed by atoms with E-state index < -0.39 is 8.07 Å². The largest absolute Gasteiger partial charge is 0.392 e. The maximum Gasteiger partial charge on any atom is 0.124 e. The minimum atomic E-state index is -1.05. The predicted molar refractivity (Wildman–Crippen MR) is 87.5 cm³/mol. The number of aromatic nitrogens is 2. The number of halogens is 1. The molecule has 4 nitrogen and oxygen atoms in total. The van der Waals surface area contributed by atoms with E-state index in [1.165, 1.54) is 0 Å². The van der Waals surface area contributed by atoms with Crippen molar-refractivity contribution in [2.45, 2.75) is 39.0 Å². The summed E-state index contributed by atoms with van der Waals surface area (Å²) in [5.41, 5.74) is 2.65. The Hall–Kier alpha value is -0.693. The zero-order valence-corrected chi connectivity index (χ0v) is 14.8. The van der Waals surface area contributed by atoms with Gasteiger partial charge in [0.1, 0.15) is 6.73 Å². The second-order valence-electron chi connectivity index (χ2n) is 6.15. The number of aliphatic hydroxyl groups is 1. The molecular weight excluding hydrogens is 336 g/mol. The molecule has 0 atom stereocenters. The molecule has 0 spiro atoms. The highest BCUT2D eigenvalue weighted by Gasteiger charge is 2.13. The molecule has 2 rings (SSSR count). The molecule has 2 aromatic rings. The number of benzene rings is 1. The molecule has 1 heterocycles. The Balaban J connectivity index is 2.09. The summed E-state index contributed by atoms with van der Waals surface area (Å²) in [5, 5.41) is 9.38. The number of aliphatic hydroxyl groups excluding tert-OH is 1. The lowest BCUT2D eigenvalue weighted by atomic mass is 10.2. The fourth-order valence-corrected chi connectivity index (χ4v) is 3.21. The molecule has 0 aliphatic carbocycles. The first kappa shape index (κ1) is 15.7. The summed E-state index contributed by atoms with van der Waals surface area (Å²) < 4.78 is 8.67. The van der Waals surface area contributed by atoms with Gasteiger partial charge in [0.15, 0.2) is 0 Å². The van der Waals surface area contributed by atoms with Crippen LogP contribution in [0.2, 0.25) is 25.7 Å². The van der Waals surface area contributed by atoms with Crippen molar-refractivity contribution in [2.24, 2.45) is 0 Å². The highest BCUT2D eigenvalue weighted by atomic mass is 79.9. The summed E-state index contributed by atoms with van der Waals surface area (Å²) in [5.74, 6) is 0. The monoisotopic (exact) mass is 356 g/mol. The van der Waals surface area contributed by atoms with Crippen LogP contribution in [0.4, 0.5) is 0 Å². The molecule has 0 aliphatic heterocycles. The van der Waals surface area contributed by atoms with Crippen LogP contribution in [0.25, 0.3) is 11.0 Å². The van der Waals surface area contributed by atoms with Crippen LogP contribution in [0, 0.1) is 0 Å². The van der Waals surface area contributed by atoms with Crippen LogP contribution >= 0.6 is 15.9 Å². The maximum atomic E-state index is 9.38. The second kappa shape index (κ2) is 6.38. The van der Waals surface area contributed by atoms with Crippen LogP contribution in [0.5, 0.6) is 0 Å². The average molecular weight is 357 g/mol. The van der Waals surface area contributed by atoms with E-state index in [1.807, 2.05) is 16.7 Å². The quantitative estimate of drug-likeness (QED) is 0.635. The van der Waals surface area contributed by atoms with Crippen LogP contribution in [0.3, 0.4) is 0 Å². The number of ether oxygens (including phenoxy) is 1. The standard InChI is InChI=1S/C14H21BrN2O2Si/c1-20(2,3)5-4-19-10-17-9-16-14-11(8-18)6-12(15)7-13(14)17/h6-7,9,18H,4-5,8,10H2,1-3H3. The Morgan fingerprint density at radius 3 is 2.75 bits per heavy atom. The molecule has 0 fully saturated rings. The Morgan fingerprint density at radius 1 is 1.35 bits per heavy atom. The van der Waals surface area contributed by atoms with Gasteiger partial charge in [-0.3, -0.25) is 0 Å². The van der Waals surface area contributed by atoms with Gasteiger partial charge in [-0.05, 0) is 18.2 Å². The van der Waals surface area contributed by atoms with Crippen LogP contribution in [0.15, 0.2) is 22.9 Å². The number of rotatable bonds is 6. The number of hydrogen-bond donors (Lipinski definition) is 1. The van der Waals surface area contributed by atoms with E-state index >= 15 is 0 Å². The normalized spacial score (nSPS) is 12.2. The van der Waals surface area contributed by atoms with Crippen molar-refractivity contribution < 1.29 is 9.84 Å². The minimum absolute atomic E-state index is 0.0105. The molecule has 1 N–H and O–H groups in total. The van der Waals surface area contributed by atoms with Crippen molar-refractivity contribution >= 4 is 35.0 Å². The van der Waals surface area contributed by atoms with E-state index in [0.717, 1.165) is 33.7 Å². The summed E-state index contributed by atoms with van der Waals surface area (Å²) in [4.78, 5) is 4.37. The SMILES string of the molecule is C[Si](C)(C)CCOCn1cnc2c(CO)cc(Br)cc21.